The molecule has 1 aromatic rings. The van der Waals surface area contributed by atoms with E-state index in [1.165, 1.54) is 21.8 Å². The minimum absolute atomic E-state index is 0. The topological polar surface area (TPSA) is 17.8 Å². The first-order valence-corrected chi connectivity index (χ1v) is 5.75. The predicted molar refractivity (Wildman–Crippen MR) is 60.6 cm³/mol. The van der Waals surface area contributed by atoms with Crippen molar-refractivity contribution >= 4 is 104 Å². The molecule has 1 heterocycles. The molecule has 0 aliphatic rings. The van der Waals surface area contributed by atoms with Gasteiger partial charge in [-0.3, -0.25) is 0 Å². The summed E-state index contributed by atoms with van der Waals surface area (Å²) in [5.74, 6) is 0. The van der Waals surface area contributed by atoms with Crippen molar-refractivity contribution in [2.75, 3.05) is 0 Å². The maximum Gasteiger partial charge on any atom is 0.129 e. The normalized spacial score (nSPS) is 8.18. The molecule has 0 N–H and O–H groups in total. The van der Waals surface area contributed by atoms with Crippen molar-refractivity contribution in [1.29, 1.82) is 0 Å². The van der Waals surface area contributed by atoms with Gasteiger partial charge in [0, 0.05) is 76.3 Å². The Balaban J connectivity index is 0. The third kappa shape index (κ3) is 5.83. The molecule has 0 unspecified atom stereocenters. The van der Waals surface area contributed by atoms with Crippen molar-refractivity contribution in [3.63, 3.8) is 0 Å². The molecule has 1 rings (SSSR count). The number of nitrogens with zero attached hydrogens (tertiary/aromatic N) is 2. The van der Waals surface area contributed by atoms with Crippen LogP contribution in [0, 0.1) is 0 Å². The molecule has 0 atom stereocenters. The molecule has 0 fully saturated rings. The van der Waals surface area contributed by atoms with Crippen molar-refractivity contribution in [2.45, 2.75) is 5.03 Å². The minimum atomic E-state index is 0. The second-order valence-electron chi connectivity index (χ2n) is 1.23. The minimum Gasteiger partial charge on any atom is -0.202 e. The molecule has 0 saturated heterocycles. The fourth-order valence-electron chi connectivity index (χ4n) is 0.385. The van der Waals surface area contributed by atoms with Crippen molar-refractivity contribution < 1.29 is 0 Å². The Morgan fingerprint density at radius 3 is 2.27 bits per heavy atom. The quantitative estimate of drug-likeness (QED) is 0.464. The van der Waals surface area contributed by atoms with Crippen LogP contribution in [-0.2, 0) is 0 Å². The van der Waals surface area contributed by atoms with E-state index < -0.39 is 0 Å². The van der Waals surface area contributed by atoms with E-state index in [0.29, 0.717) is 0 Å². The Morgan fingerprint density at radius 2 is 2.00 bits per heavy atom. The second-order valence-corrected chi connectivity index (χ2v) is 3.41. The molecular formula is C3H4N2Na2S4. The molecule has 8 heteroatoms. The van der Waals surface area contributed by atoms with E-state index in [4.69, 9.17) is 0 Å². The van der Waals surface area contributed by atoms with Crippen molar-refractivity contribution in [3.8, 4) is 0 Å². The molecule has 0 amide bonds. The van der Waals surface area contributed by atoms with Gasteiger partial charge in [0.1, 0.15) is 5.03 Å². The van der Waals surface area contributed by atoms with E-state index in [0.717, 1.165) is 5.03 Å². The molecular weight excluding hydrogens is 238 g/mol. The van der Waals surface area contributed by atoms with Crippen LogP contribution < -0.4 is 0 Å². The van der Waals surface area contributed by atoms with Gasteiger partial charge >= 0.3 is 0 Å². The van der Waals surface area contributed by atoms with Crippen molar-refractivity contribution in [1.82, 2.24) is 9.19 Å². The van der Waals surface area contributed by atoms with Crippen molar-refractivity contribution in [2.24, 2.45) is 0 Å². The smallest absolute Gasteiger partial charge is 0.129 e. The van der Waals surface area contributed by atoms with Crippen LogP contribution in [0.1, 0.15) is 0 Å². The summed E-state index contributed by atoms with van der Waals surface area (Å²) >= 11 is 7.91. The molecule has 2 nitrogen and oxygen atoms in total. The molecule has 1 aromatic heterocycles. The molecule has 2 radical (unpaired) electrons. The van der Waals surface area contributed by atoms with Gasteiger partial charge in [-0.1, -0.05) is 11.7 Å². The summed E-state index contributed by atoms with van der Waals surface area (Å²) in [5, 5.41) is 4.93. The maximum absolute atomic E-state index is 4.04. The van der Waals surface area contributed by atoms with Crippen LogP contribution in [0.25, 0.3) is 0 Å². The summed E-state index contributed by atoms with van der Waals surface area (Å²) in [6.45, 7) is 0. The summed E-state index contributed by atoms with van der Waals surface area (Å²) in [6, 6.07) is 1.88. The molecule has 0 aliphatic carbocycles. The zero-order chi connectivity index (χ0) is 6.69. The average Bonchev–Trinajstić information content (AvgIpc) is 2.34. The Bertz CT molecular complexity index is 175. The summed E-state index contributed by atoms with van der Waals surface area (Å²) in [4.78, 5) is 0. The van der Waals surface area contributed by atoms with Crippen LogP contribution in [0.3, 0.4) is 0 Å². The molecule has 52 valence electrons. The third-order valence-electron chi connectivity index (χ3n) is 0.719. The fraction of sp³-hybridized carbons (Fsp3) is 0. The van der Waals surface area contributed by atoms with Gasteiger partial charge in [0.2, 0.25) is 0 Å². The summed E-state index contributed by atoms with van der Waals surface area (Å²) in [5.41, 5.74) is 0. The summed E-state index contributed by atoms with van der Waals surface area (Å²) < 4.78 is 1.65. The van der Waals surface area contributed by atoms with Gasteiger partial charge < -0.3 is 0 Å². The van der Waals surface area contributed by atoms with Crippen LogP contribution >= 0.6 is 45.1 Å². The molecule has 0 bridgehead atoms. The number of hydrogen-bond donors (Lipinski definition) is 2. The number of hydrogen-bond acceptors (Lipinski definition) is 5. The van der Waals surface area contributed by atoms with E-state index in [-0.39, 0.29) is 59.1 Å². The summed E-state index contributed by atoms with van der Waals surface area (Å²) in [7, 11) is 2.58. The van der Waals surface area contributed by atoms with Gasteiger partial charge in [-0.2, -0.15) is 5.10 Å². The molecule has 0 aliphatic heterocycles. The van der Waals surface area contributed by atoms with Crippen LogP contribution in [0.4, 0.5) is 0 Å². The Labute approximate surface area is 128 Å². The van der Waals surface area contributed by atoms with Crippen LogP contribution in [0.5, 0.6) is 0 Å². The summed E-state index contributed by atoms with van der Waals surface area (Å²) in [6.07, 6.45) is 1.83. The van der Waals surface area contributed by atoms with Gasteiger partial charge in [0.25, 0.3) is 0 Å². The largest absolute Gasteiger partial charge is 0.202 e. The number of rotatable bonds is 2. The first-order valence-electron chi connectivity index (χ1n) is 2.06. The van der Waals surface area contributed by atoms with Gasteiger partial charge in [0.05, 0.1) is 0 Å². The van der Waals surface area contributed by atoms with Gasteiger partial charge in [-0.05, 0) is 16.9 Å². The Hall–Kier alpha value is 2.61. The second kappa shape index (κ2) is 9.18. The zero-order valence-corrected chi connectivity index (χ0v) is 13.7. The molecule has 0 spiro atoms. The fourth-order valence-corrected chi connectivity index (χ4v) is 1.49. The first-order chi connectivity index (χ1) is 4.36. The Morgan fingerprint density at radius 1 is 1.36 bits per heavy atom. The van der Waals surface area contributed by atoms with E-state index in [9.17, 15) is 0 Å². The van der Waals surface area contributed by atoms with E-state index in [1.807, 2.05) is 12.3 Å². The Kier molecular flexibility index (Phi) is 13.4. The number of aromatic nitrogens is 2. The number of thiol groups is 2. The predicted octanol–water partition coefficient (Wildman–Crippen LogP) is 1.40. The van der Waals surface area contributed by atoms with Crippen molar-refractivity contribution in [3.05, 3.63) is 12.3 Å². The third-order valence-corrected chi connectivity index (χ3v) is 2.56. The monoisotopic (exact) mass is 242 g/mol. The van der Waals surface area contributed by atoms with Crippen LogP contribution in [-0.4, -0.2) is 68.3 Å². The van der Waals surface area contributed by atoms with E-state index in [2.05, 4.69) is 28.4 Å². The molecule has 11 heavy (non-hydrogen) atoms. The van der Waals surface area contributed by atoms with Gasteiger partial charge in [-0.25, -0.2) is 4.09 Å². The van der Waals surface area contributed by atoms with E-state index in [1.54, 1.807) is 4.09 Å². The first kappa shape index (κ1) is 16.1. The molecule has 0 saturated carbocycles. The van der Waals surface area contributed by atoms with Gasteiger partial charge in [0.15, 0.2) is 0 Å². The SMILES string of the molecule is SSc1ccn(SS)n1.[Na].[Na]. The average molecular weight is 242 g/mol. The van der Waals surface area contributed by atoms with Gasteiger partial charge in [-0.15, -0.1) is 11.7 Å². The van der Waals surface area contributed by atoms with E-state index >= 15 is 0 Å². The maximum atomic E-state index is 4.04. The standard InChI is InChI=1S/C3H4N2S4.2Na/c6-8-3-1-2-5(4-3)9-7;;/h1-2,6-7H;;. The van der Waals surface area contributed by atoms with Crippen LogP contribution in [0.15, 0.2) is 17.3 Å². The van der Waals surface area contributed by atoms with Crippen LogP contribution in [0.2, 0.25) is 0 Å². The molecule has 0 aromatic carbocycles. The zero-order valence-electron chi connectivity index (χ0n) is 6.26.